The summed E-state index contributed by atoms with van der Waals surface area (Å²) in [5, 5.41) is 1.53. The largest absolute Gasteiger partial charge is 1.00 e. The molecule has 0 aliphatic heterocycles. The third kappa shape index (κ3) is 9.55. The molecule has 0 aliphatic rings. The molecule has 0 saturated carbocycles. The van der Waals surface area contributed by atoms with E-state index in [2.05, 4.69) is 19.9 Å². The van der Waals surface area contributed by atoms with Crippen LogP contribution in [-0.4, -0.2) is 13.0 Å². The molecule has 0 aromatic heterocycles. The number of aryl methyl sites for hydroxylation is 2. The second kappa shape index (κ2) is 15.4. The summed E-state index contributed by atoms with van der Waals surface area (Å²) in [7, 11) is -4.47. The fourth-order valence-corrected chi connectivity index (χ4v) is 5.05. The summed E-state index contributed by atoms with van der Waals surface area (Å²) in [5.41, 5.74) is 2.58. The topological polar surface area (TPSA) is 57.2 Å². The Morgan fingerprint density at radius 2 is 1.23 bits per heavy atom. The Balaban J connectivity index is 0.00000480. The zero-order valence-electron chi connectivity index (χ0n) is 19.9. The zero-order chi connectivity index (χ0) is 21.8. The van der Waals surface area contributed by atoms with Crippen LogP contribution in [0.4, 0.5) is 0 Å². The van der Waals surface area contributed by atoms with Gasteiger partial charge in [0.05, 0.1) is 4.90 Å². The third-order valence-corrected chi connectivity index (χ3v) is 6.97. The number of rotatable bonds is 15. The van der Waals surface area contributed by atoms with Gasteiger partial charge in [-0.1, -0.05) is 102 Å². The van der Waals surface area contributed by atoms with E-state index in [0.717, 1.165) is 31.1 Å². The molecule has 2 aromatic rings. The molecule has 0 saturated heterocycles. The van der Waals surface area contributed by atoms with Crippen molar-refractivity contribution in [2.45, 2.75) is 109 Å². The van der Waals surface area contributed by atoms with Crippen LogP contribution in [0.5, 0.6) is 0 Å². The minimum absolute atomic E-state index is 0. The maximum atomic E-state index is 11.7. The minimum Gasteiger partial charge on any atom is -0.744 e. The first-order valence-corrected chi connectivity index (χ1v) is 13.4. The van der Waals surface area contributed by atoms with Gasteiger partial charge in [0.2, 0.25) is 0 Å². The molecular weight excluding hydrogens is 415 g/mol. The average Bonchev–Trinajstić information content (AvgIpc) is 2.72. The van der Waals surface area contributed by atoms with Crippen LogP contribution in [0.3, 0.4) is 0 Å². The van der Waals surface area contributed by atoms with Crippen molar-refractivity contribution in [3.05, 3.63) is 41.5 Å². The van der Waals surface area contributed by atoms with Crippen molar-refractivity contribution in [1.82, 2.24) is 0 Å². The van der Waals surface area contributed by atoms with E-state index in [1.165, 1.54) is 81.4 Å². The van der Waals surface area contributed by atoms with E-state index in [9.17, 15) is 13.0 Å². The Hall–Kier alpha value is -0.390. The van der Waals surface area contributed by atoms with Crippen molar-refractivity contribution in [2.24, 2.45) is 0 Å². The Morgan fingerprint density at radius 1 is 0.677 bits per heavy atom. The molecule has 0 unspecified atom stereocenters. The predicted octanol–water partition coefficient (Wildman–Crippen LogP) is 4.55. The number of benzene rings is 2. The summed E-state index contributed by atoms with van der Waals surface area (Å²) in [6, 6.07) is 9.05. The van der Waals surface area contributed by atoms with E-state index < -0.39 is 10.1 Å². The first kappa shape index (κ1) is 28.6. The molecule has 0 bridgehead atoms. The Labute approximate surface area is 212 Å². The molecule has 0 N–H and O–H groups in total. The van der Waals surface area contributed by atoms with Gasteiger partial charge in [0, 0.05) is 0 Å². The van der Waals surface area contributed by atoms with Gasteiger partial charge in [0.15, 0.2) is 0 Å². The van der Waals surface area contributed by atoms with Gasteiger partial charge >= 0.3 is 29.6 Å². The van der Waals surface area contributed by atoms with Gasteiger partial charge in [0.25, 0.3) is 0 Å². The summed E-state index contributed by atoms with van der Waals surface area (Å²) in [4.78, 5) is -0.0877. The molecule has 0 heterocycles. The van der Waals surface area contributed by atoms with E-state index in [4.69, 9.17) is 0 Å². The first-order chi connectivity index (χ1) is 14.5. The smallest absolute Gasteiger partial charge is 0.744 e. The molecule has 0 aliphatic carbocycles. The molecule has 0 amide bonds. The second-order valence-electron chi connectivity index (χ2n) is 8.54. The SMILES string of the molecule is CCCCCCCCc1ccc2c(S(=O)(=O)[O-])cccc2c1CCCCCCCC.[Na+]. The molecule has 5 heteroatoms. The van der Waals surface area contributed by atoms with Gasteiger partial charge in [-0.15, -0.1) is 0 Å². The molecule has 168 valence electrons. The van der Waals surface area contributed by atoms with E-state index in [0.29, 0.717) is 5.39 Å². The summed E-state index contributed by atoms with van der Waals surface area (Å²) < 4.78 is 35.2. The van der Waals surface area contributed by atoms with Crippen LogP contribution >= 0.6 is 0 Å². The standard InChI is InChI=1S/C26H40O3S.Na/c1-3-5-7-9-11-13-16-22-20-21-25-24(18-15-19-26(25)30(27,28)29)23(22)17-14-12-10-8-6-4-2;/h15,18-21H,3-14,16-17H2,1-2H3,(H,27,28,29);/q;+1/p-1. The molecule has 2 aromatic carbocycles. The normalized spacial score (nSPS) is 11.6. The van der Waals surface area contributed by atoms with Crippen molar-refractivity contribution in [3.8, 4) is 0 Å². The van der Waals surface area contributed by atoms with Crippen LogP contribution in [-0.2, 0) is 23.0 Å². The average molecular weight is 455 g/mol. The molecule has 0 atom stereocenters. The maximum absolute atomic E-state index is 11.7. The summed E-state index contributed by atoms with van der Waals surface area (Å²) >= 11 is 0. The van der Waals surface area contributed by atoms with Gasteiger partial charge in [-0.2, -0.15) is 0 Å². The van der Waals surface area contributed by atoms with Gasteiger partial charge in [-0.3, -0.25) is 0 Å². The third-order valence-electron chi connectivity index (χ3n) is 6.08. The fourth-order valence-electron chi connectivity index (χ4n) is 4.36. The van der Waals surface area contributed by atoms with Crippen molar-refractivity contribution in [3.63, 3.8) is 0 Å². The van der Waals surface area contributed by atoms with Crippen LogP contribution in [0.25, 0.3) is 10.8 Å². The maximum Gasteiger partial charge on any atom is 1.00 e. The molecule has 2 rings (SSSR count). The van der Waals surface area contributed by atoms with Crippen LogP contribution in [0.1, 0.15) is 102 Å². The van der Waals surface area contributed by atoms with Crippen molar-refractivity contribution in [1.29, 1.82) is 0 Å². The molecular formula is C26H39NaO3S. The molecule has 0 radical (unpaired) electrons. The number of hydrogen-bond donors (Lipinski definition) is 0. The van der Waals surface area contributed by atoms with E-state index in [1.54, 1.807) is 6.07 Å². The monoisotopic (exact) mass is 454 g/mol. The predicted molar refractivity (Wildman–Crippen MR) is 126 cm³/mol. The minimum atomic E-state index is -4.47. The number of unbranched alkanes of at least 4 members (excludes halogenated alkanes) is 10. The number of hydrogen-bond acceptors (Lipinski definition) is 3. The summed E-state index contributed by atoms with van der Waals surface area (Å²) in [5.74, 6) is 0. The second-order valence-corrected chi connectivity index (χ2v) is 9.89. The van der Waals surface area contributed by atoms with Crippen LogP contribution < -0.4 is 29.6 Å². The van der Waals surface area contributed by atoms with Crippen molar-refractivity contribution < 1.29 is 42.5 Å². The molecule has 3 nitrogen and oxygen atoms in total. The van der Waals surface area contributed by atoms with E-state index in [1.807, 2.05) is 12.1 Å². The summed E-state index contributed by atoms with van der Waals surface area (Å²) in [6.07, 6.45) is 17.0. The van der Waals surface area contributed by atoms with Crippen molar-refractivity contribution >= 4 is 20.9 Å². The Morgan fingerprint density at radius 3 is 1.81 bits per heavy atom. The van der Waals surface area contributed by atoms with Crippen LogP contribution in [0.2, 0.25) is 0 Å². The van der Waals surface area contributed by atoms with E-state index >= 15 is 0 Å². The van der Waals surface area contributed by atoms with Gasteiger partial charge in [-0.05, 0) is 53.6 Å². The van der Waals surface area contributed by atoms with Crippen LogP contribution in [0, 0.1) is 0 Å². The van der Waals surface area contributed by atoms with Gasteiger partial charge in [0.1, 0.15) is 10.1 Å². The molecule has 0 spiro atoms. The Bertz CT molecular complexity index is 878. The molecule has 31 heavy (non-hydrogen) atoms. The van der Waals surface area contributed by atoms with Gasteiger partial charge in [-0.25, -0.2) is 8.42 Å². The quantitative estimate of drug-likeness (QED) is 0.225. The van der Waals surface area contributed by atoms with E-state index in [-0.39, 0.29) is 34.5 Å². The molecule has 0 fully saturated rings. The van der Waals surface area contributed by atoms with Crippen molar-refractivity contribution in [2.75, 3.05) is 0 Å². The zero-order valence-corrected chi connectivity index (χ0v) is 22.7. The summed E-state index contributed by atoms with van der Waals surface area (Å²) in [6.45, 7) is 4.46. The van der Waals surface area contributed by atoms with Crippen LogP contribution in [0.15, 0.2) is 35.2 Å². The Kier molecular flexibility index (Phi) is 14.3. The first-order valence-electron chi connectivity index (χ1n) is 12.0. The van der Waals surface area contributed by atoms with Gasteiger partial charge < -0.3 is 4.55 Å². The number of fused-ring (bicyclic) bond motifs is 1. The fraction of sp³-hybridized carbons (Fsp3) is 0.615.